The van der Waals surface area contributed by atoms with Gasteiger partial charge in [-0.1, -0.05) is 13.8 Å². The third kappa shape index (κ3) is 4.13. The van der Waals surface area contributed by atoms with Crippen LogP contribution in [0.5, 0.6) is 11.5 Å². The standard InChI is InChI=1S/C17H26BrNO2/c1-17(2)7-5-13(6-8-17)19(3)11-12-9-14(18)16(20)15(10-12)21-4/h9-10,13,20H,5-8,11H2,1-4H3. The maximum absolute atomic E-state index is 9.88. The van der Waals surface area contributed by atoms with Crippen LogP contribution >= 0.6 is 15.9 Å². The van der Waals surface area contributed by atoms with E-state index in [0.29, 0.717) is 21.7 Å². The van der Waals surface area contributed by atoms with Crippen molar-refractivity contribution in [2.75, 3.05) is 14.2 Å². The highest BCUT2D eigenvalue weighted by molar-refractivity contribution is 9.10. The van der Waals surface area contributed by atoms with Crippen molar-refractivity contribution in [2.24, 2.45) is 5.41 Å². The fourth-order valence-corrected chi connectivity index (χ4v) is 3.61. The number of aromatic hydroxyl groups is 1. The smallest absolute Gasteiger partial charge is 0.172 e. The first-order valence-electron chi connectivity index (χ1n) is 7.58. The highest BCUT2D eigenvalue weighted by Crippen LogP contribution is 2.38. The molecule has 0 radical (unpaired) electrons. The predicted octanol–water partition coefficient (Wildman–Crippen LogP) is 4.56. The van der Waals surface area contributed by atoms with Crippen LogP contribution in [0, 0.1) is 5.41 Å². The van der Waals surface area contributed by atoms with Crippen LogP contribution in [-0.2, 0) is 6.54 Å². The van der Waals surface area contributed by atoms with Crippen LogP contribution < -0.4 is 4.74 Å². The van der Waals surface area contributed by atoms with Crippen molar-refractivity contribution in [1.82, 2.24) is 4.90 Å². The number of phenolic OH excluding ortho intramolecular Hbond substituents is 1. The van der Waals surface area contributed by atoms with E-state index in [9.17, 15) is 5.11 Å². The van der Waals surface area contributed by atoms with E-state index in [1.807, 2.05) is 12.1 Å². The van der Waals surface area contributed by atoms with Crippen LogP contribution in [0.15, 0.2) is 16.6 Å². The normalized spacial score (nSPS) is 19.0. The molecule has 4 heteroatoms. The molecule has 2 rings (SSSR count). The Balaban J connectivity index is 2.03. The fraction of sp³-hybridized carbons (Fsp3) is 0.647. The van der Waals surface area contributed by atoms with E-state index in [1.54, 1.807) is 7.11 Å². The first-order chi connectivity index (χ1) is 9.82. The molecule has 1 aliphatic carbocycles. The van der Waals surface area contributed by atoms with Gasteiger partial charge in [-0.2, -0.15) is 0 Å². The molecule has 118 valence electrons. The molecule has 0 amide bonds. The van der Waals surface area contributed by atoms with E-state index in [0.717, 1.165) is 12.1 Å². The molecule has 0 saturated heterocycles. The molecule has 1 fully saturated rings. The van der Waals surface area contributed by atoms with Gasteiger partial charge < -0.3 is 9.84 Å². The SMILES string of the molecule is COc1cc(CN(C)C2CCC(C)(C)CC2)cc(Br)c1O. The Morgan fingerprint density at radius 1 is 1.33 bits per heavy atom. The van der Waals surface area contributed by atoms with Crippen molar-refractivity contribution in [3.05, 3.63) is 22.2 Å². The number of nitrogens with zero attached hydrogens (tertiary/aromatic N) is 1. The summed E-state index contributed by atoms with van der Waals surface area (Å²) in [5.74, 6) is 0.695. The van der Waals surface area contributed by atoms with Crippen molar-refractivity contribution in [2.45, 2.75) is 52.1 Å². The number of benzene rings is 1. The zero-order valence-electron chi connectivity index (χ0n) is 13.4. The van der Waals surface area contributed by atoms with Gasteiger partial charge in [0.1, 0.15) is 0 Å². The molecule has 1 aromatic carbocycles. The molecule has 1 saturated carbocycles. The Hall–Kier alpha value is -0.740. The minimum atomic E-state index is 0.170. The third-order valence-electron chi connectivity index (χ3n) is 4.67. The molecule has 0 spiro atoms. The van der Waals surface area contributed by atoms with Crippen LogP contribution in [0.2, 0.25) is 0 Å². The molecule has 0 aromatic heterocycles. The summed E-state index contributed by atoms with van der Waals surface area (Å²) < 4.78 is 5.91. The number of methoxy groups -OCH3 is 1. The van der Waals surface area contributed by atoms with E-state index in [-0.39, 0.29) is 5.75 Å². The average molecular weight is 356 g/mol. The maximum Gasteiger partial charge on any atom is 0.172 e. The van der Waals surface area contributed by atoms with Crippen molar-refractivity contribution < 1.29 is 9.84 Å². The largest absolute Gasteiger partial charge is 0.503 e. The number of phenols is 1. The molecule has 0 aliphatic heterocycles. The number of hydrogen-bond donors (Lipinski definition) is 1. The lowest BCUT2D eigenvalue weighted by Gasteiger charge is -2.38. The van der Waals surface area contributed by atoms with Gasteiger partial charge in [-0.15, -0.1) is 0 Å². The topological polar surface area (TPSA) is 32.7 Å². The zero-order valence-corrected chi connectivity index (χ0v) is 15.0. The summed E-state index contributed by atoms with van der Waals surface area (Å²) in [7, 11) is 3.77. The molecule has 0 unspecified atom stereocenters. The Bertz CT molecular complexity index is 492. The Morgan fingerprint density at radius 3 is 2.52 bits per heavy atom. The van der Waals surface area contributed by atoms with Gasteiger partial charge >= 0.3 is 0 Å². The lowest BCUT2D eigenvalue weighted by Crippen LogP contribution is -2.36. The van der Waals surface area contributed by atoms with Crippen molar-refractivity contribution >= 4 is 15.9 Å². The second kappa shape index (κ2) is 6.57. The monoisotopic (exact) mass is 355 g/mol. The van der Waals surface area contributed by atoms with Gasteiger partial charge in [-0.3, -0.25) is 4.90 Å². The van der Waals surface area contributed by atoms with Crippen LogP contribution in [-0.4, -0.2) is 30.2 Å². The average Bonchev–Trinajstić information content (AvgIpc) is 2.42. The lowest BCUT2D eigenvalue weighted by atomic mass is 9.75. The summed E-state index contributed by atoms with van der Waals surface area (Å²) in [5, 5.41) is 9.88. The lowest BCUT2D eigenvalue weighted by molar-refractivity contribution is 0.123. The van der Waals surface area contributed by atoms with Gasteiger partial charge in [0, 0.05) is 12.6 Å². The third-order valence-corrected chi connectivity index (χ3v) is 5.28. The van der Waals surface area contributed by atoms with Crippen molar-refractivity contribution in [1.29, 1.82) is 0 Å². The second-order valence-corrected chi connectivity index (χ2v) is 7.79. The molecule has 3 nitrogen and oxygen atoms in total. The quantitative estimate of drug-likeness (QED) is 0.858. The second-order valence-electron chi connectivity index (χ2n) is 6.94. The highest BCUT2D eigenvalue weighted by atomic mass is 79.9. The molecule has 0 atom stereocenters. The van der Waals surface area contributed by atoms with Crippen LogP contribution in [0.3, 0.4) is 0 Å². The predicted molar refractivity (Wildman–Crippen MR) is 89.9 cm³/mol. The van der Waals surface area contributed by atoms with Crippen LogP contribution in [0.25, 0.3) is 0 Å². The summed E-state index contributed by atoms with van der Waals surface area (Å²) in [6, 6.07) is 4.54. The summed E-state index contributed by atoms with van der Waals surface area (Å²) in [5.41, 5.74) is 1.66. The molecular weight excluding hydrogens is 330 g/mol. The Kier molecular flexibility index (Phi) is 5.20. The molecule has 1 aromatic rings. The van der Waals surface area contributed by atoms with E-state index in [1.165, 1.54) is 25.7 Å². The summed E-state index contributed by atoms with van der Waals surface area (Å²) in [6.45, 7) is 5.61. The van der Waals surface area contributed by atoms with Gasteiger partial charge in [0.15, 0.2) is 11.5 Å². The molecule has 1 N–H and O–H groups in total. The molecule has 0 heterocycles. The first kappa shape index (κ1) is 16.6. The summed E-state index contributed by atoms with van der Waals surface area (Å²) in [6.07, 6.45) is 5.12. The number of halogens is 1. The molecule has 21 heavy (non-hydrogen) atoms. The number of rotatable bonds is 4. The van der Waals surface area contributed by atoms with E-state index in [2.05, 4.69) is 41.7 Å². The summed E-state index contributed by atoms with van der Waals surface area (Å²) in [4.78, 5) is 2.42. The van der Waals surface area contributed by atoms with Crippen LogP contribution in [0.4, 0.5) is 0 Å². The molecule has 0 bridgehead atoms. The first-order valence-corrected chi connectivity index (χ1v) is 8.37. The van der Waals surface area contributed by atoms with Gasteiger partial charge in [0.2, 0.25) is 0 Å². The van der Waals surface area contributed by atoms with Crippen molar-refractivity contribution in [3.63, 3.8) is 0 Å². The Labute approximate surface area is 136 Å². The Morgan fingerprint density at radius 2 is 1.95 bits per heavy atom. The van der Waals surface area contributed by atoms with E-state index in [4.69, 9.17) is 4.74 Å². The van der Waals surface area contributed by atoms with Crippen LogP contribution in [0.1, 0.15) is 45.1 Å². The highest BCUT2D eigenvalue weighted by Gasteiger charge is 2.28. The fourth-order valence-electron chi connectivity index (χ4n) is 3.12. The van der Waals surface area contributed by atoms with Gasteiger partial charge in [0.05, 0.1) is 11.6 Å². The van der Waals surface area contributed by atoms with E-state index < -0.39 is 0 Å². The zero-order chi connectivity index (χ0) is 15.6. The minimum Gasteiger partial charge on any atom is -0.503 e. The van der Waals surface area contributed by atoms with Gasteiger partial charge in [-0.05, 0) is 71.8 Å². The van der Waals surface area contributed by atoms with Gasteiger partial charge in [0.25, 0.3) is 0 Å². The number of ether oxygens (including phenoxy) is 1. The van der Waals surface area contributed by atoms with E-state index >= 15 is 0 Å². The summed E-state index contributed by atoms with van der Waals surface area (Å²) >= 11 is 3.39. The molecular formula is C17H26BrNO2. The van der Waals surface area contributed by atoms with Crippen molar-refractivity contribution in [3.8, 4) is 11.5 Å². The molecule has 1 aliphatic rings. The maximum atomic E-state index is 9.88. The minimum absolute atomic E-state index is 0.170. The number of hydrogen-bond acceptors (Lipinski definition) is 3. The van der Waals surface area contributed by atoms with Gasteiger partial charge in [-0.25, -0.2) is 0 Å².